The third kappa shape index (κ3) is 4.31. The van der Waals surface area contributed by atoms with Gasteiger partial charge in [-0.15, -0.1) is 10.2 Å². The molecule has 4 aromatic rings. The van der Waals surface area contributed by atoms with E-state index >= 15 is 0 Å². The number of hydrogen-bond donors (Lipinski definition) is 0. The molecule has 1 heterocycles. The molecule has 0 bridgehead atoms. The maximum atomic E-state index is 11.6. The highest BCUT2D eigenvalue weighted by Crippen LogP contribution is 2.27. The highest BCUT2D eigenvalue weighted by atomic mass is 32.2. The topological polar surface area (TPSA) is 66.2 Å². The summed E-state index contributed by atoms with van der Waals surface area (Å²) in [6.45, 7) is 2.28. The molecule has 7 heteroatoms. The summed E-state index contributed by atoms with van der Waals surface area (Å²) in [7, 11) is 1.37. The Morgan fingerprint density at radius 1 is 1.00 bits per heavy atom. The molecule has 0 unspecified atom stereocenters. The van der Waals surface area contributed by atoms with Gasteiger partial charge in [0.2, 0.25) is 0 Å². The number of nitrogens with zero attached hydrogens (tertiary/aromatic N) is 3. The van der Waals surface area contributed by atoms with Crippen molar-refractivity contribution >= 4 is 28.5 Å². The van der Waals surface area contributed by atoms with Crippen LogP contribution in [-0.2, 0) is 16.1 Å². The van der Waals surface area contributed by atoms with Gasteiger partial charge in [-0.3, -0.25) is 9.36 Å². The Labute approximate surface area is 178 Å². The maximum absolute atomic E-state index is 11.6. The average Bonchev–Trinajstić information content (AvgIpc) is 3.19. The molecule has 0 aliphatic carbocycles. The molecular weight excluding hydrogens is 398 g/mol. The van der Waals surface area contributed by atoms with Crippen LogP contribution in [0.1, 0.15) is 11.4 Å². The van der Waals surface area contributed by atoms with Gasteiger partial charge in [0, 0.05) is 11.1 Å². The number of thioether (sulfide) groups is 1. The summed E-state index contributed by atoms with van der Waals surface area (Å²) in [5.74, 6) is 1.28. The van der Waals surface area contributed by atoms with Crippen LogP contribution < -0.4 is 4.74 Å². The second-order valence-electron chi connectivity index (χ2n) is 6.70. The largest absolute Gasteiger partial charge is 0.485 e. The number of benzene rings is 3. The molecule has 0 amide bonds. The monoisotopic (exact) mass is 419 g/mol. The fraction of sp³-hybridized carbons (Fsp3) is 0.174. The van der Waals surface area contributed by atoms with Crippen molar-refractivity contribution in [3.63, 3.8) is 0 Å². The van der Waals surface area contributed by atoms with Crippen LogP contribution in [0.4, 0.5) is 0 Å². The van der Waals surface area contributed by atoms with Crippen molar-refractivity contribution in [2.45, 2.75) is 18.7 Å². The lowest BCUT2D eigenvalue weighted by atomic mass is 10.1. The molecule has 0 saturated carbocycles. The first-order valence-corrected chi connectivity index (χ1v) is 10.5. The quantitative estimate of drug-likeness (QED) is 0.323. The lowest BCUT2D eigenvalue weighted by molar-refractivity contribution is -0.137. The average molecular weight is 420 g/mol. The van der Waals surface area contributed by atoms with Crippen LogP contribution >= 0.6 is 11.8 Å². The minimum absolute atomic E-state index is 0.157. The van der Waals surface area contributed by atoms with Gasteiger partial charge in [0.05, 0.1) is 12.9 Å². The molecule has 0 fully saturated rings. The number of methoxy groups -OCH3 is 1. The van der Waals surface area contributed by atoms with Crippen molar-refractivity contribution in [1.82, 2.24) is 14.8 Å². The number of carbonyl (C=O) groups excluding carboxylic acids is 1. The zero-order valence-electron chi connectivity index (χ0n) is 16.7. The van der Waals surface area contributed by atoms with E-state index < -0.39 is 0 Å². The van der Waals surface area contributed by atoms with E-state index in [1.165, 1.54) is 18.9 Å². The number of carbonyl (C=O) groups is 1. The molecule has 0 aliphatic rings. The van der Waals surface area contributed by atoms with Gasteiger partial charge in [0.15, 0.2) is 11.0 Å². The minimum atomic E-state index is -0.313. The first kappa shape index (κ1) is 20.0. The predicted octanol–water partition coefficient (Wildman–Crippen LogP) is 4.57. The molecule has 0 radical (unpaired) electrons. The number of rotatable bonds is 7. The fourth-order valence-electron chi connectivity index (χ4n) is 3.09. The van der Waals surface area contributed by atoms with Gasteiger partial charge in [-0.25, -0.2) is 0 Å². The van der Waals surface area contributed by atoms with E-state index in [0.29, 0.717) is 11.0 Å². The maximum Gasteiger partial charge on any atom is 0.316 e. The summed E-state index contributed by atoms with van der Waals surface area (Å²) in [4.78, 5) is 11.6. The van der Waals surface area contributed by atoms with Crippen LogP contribution in [0, 0.1) is 6.92 Å². The van der Waals surface area contributed by atoms with Crippen LogP contribution in [0.25, 0.3) is 16.5 Å². The standard InChI is InChI=1S/C23H21N3O3S/c1-16-10-12-18(13-11-16)26-21(24-25-23(26)30-15-22(27)28-2)14-29-20-9-5-7-17-6-3-4-8-19(17)20/h3-13H,14-15H2,1-2H3. The van der Waals surface area contributed by atoms with E-state index in [1.807, 2.05) is 66.1 Å². The van der Waals surface area contributed by atoms with E-state index in [9.17, 15) is 4.79 Å². The highest BCUT2D eigenvalue weighted by molar-refractivity contribution is 7.99. The van der Waals surface area contributed by atoms with Crippen LogP contribution in [0.15, 0.2) is 71.9 Å². The van der Waals surface area contributed by atoms with Gasteiger partial charge in [-0.2, -0.15) is 0 Å². The van der Waals surface area contributed by atoms with Gasteiger partial charge in [-0.1, -0.05) is 65.9 Å². The molecule has 30 heavy (non-hydrogen) atoms. The molecule has 1 aromatic heterocycles. The zero-order valence-corrected chi connectivity index (χ0v) is 17.6. The molecule has 3 aromatic carbocycles. The summed E-state index contributed by atoms with van der Waals surface area (Å²) in [6.07, 6.45) is 0. The number of aryl methyl sites for hydroxylation is 1. The van der Waals surface area contributed by atoms with Crippen molar-refractivity contribution in [2.24, 2.45) is 0 Å². The van der Waals surface area contributed by atoms with Crippen molar-refractivity contribution in [3.8, 4) is 11.4 Å². The van der Waals surface area contributed by atoms with E-state index in [-0.39, 0.29) is 18.3 Å². The Balaban J connectivity index is 1.64. The molecule has 152 valence electrons. The van der Waals surface area contributed by atoms with Crippen LogP contribution in [-0.4, -0.2) is 33.6 Å². The Morgan fingerprint density at radius 3 is 2.57 bits per heavy atom. The van der Waals surface area contributed by atoms with Crippen LogP contribution in [0.3, 0.4) is 0 Å². The van der Waals surface area contributed by atoms with Crippen LogP contribution in [0.5, 0.6) is 5.75 Å². The Kier molecular flexibility index (Phi) is 5.99. The molecule has 0 saturated heterocycles. The minimum Gasteiger partial charge on any atom is -0.485 e. The summed E-state index contributed by atoms with van der Waals surface area (Å²) in [5, 5.41) is 11.4. The van der Waals surface area contributed by atoms with Crippen LogP contribution in [0.2, 0.25) is 0 Å². The summed E-state index contributed by atoms with van der Waals surface area (Å²) in [5.41, 5.74) is 2.07. The number of hydrogen-bond acceptors (Lipinski definition) is 6. The zero-order chi connectivity index (χ0) is 20.9. The first-order valence-electron chi connectivity index (χ1n) is 9.47. The fourth-order valence-corrected chi connectivity index (χ4v) is 3.89. The second kappa shape index (κ2) is 9.00. The number of fused-ring (bicyclic) bond motifs is 1. The molecule has 0 atom stereocenters. The molecule has 4 rings (SSSR count). The van der Waals surface area contributed by atoms with Gasteiger partial charge >= 0.3 is 5.97 Å². The summed E-state index contributed by atoms with van der Waals surface area (Å²) < 4.78 is 12.8. The first-order chi connectivity index (χ1) is 14.7. The lowest BCUT2D eigenvalue weighted by Gasteiger charge is -2.12. The number of esters is 1. The smallest absolute Gasteiger partial charge is 0.316 e. The Bertz CT molecular complexity index is 1170. The Hall–Kier alpha value is -3.32. The Morgan fingerprint density at radius 2 is 1.77 bits per heavy atom. The molecule has 0 N–H and O–H groups in total. The third-order valence-electron chi connectivity index (χ3n) is 4.65. The van der Waals surface area contributed by atoms with Crippen molar-refractivity contribution in [1.29, 1.82) is 0 Å². The molecular formula is C23H21N3O3S. The van der Waals surface area contributed by atoms with E-state index in [4.69, 9.17) is 9.47 Å². The van der Waals surface area contributed by atoms with Gasteiger partial charge in [-0.05, 0) is 30.5 Å². The van der Waals surface area contributed by atoms with Crippen molar-refractivity contribution < 1.29 is 14.3 Å². The van der Waals surface area contributed by atoms with E-state index in [2.05, 4.69) is 22.3 Å². The summed E-state index contributed by atoms with van der Waals surface area (Å²) >= 11 is 1.28. The predicted molar refractivity (Wildman–Crippen MR) is 117 cm³/mol. The lowest BCUT2D eigenvalue weighted by Crippen LogP contribution is -2.08. The molecule has 0 aliphatic heterocycles. The van der Waals surface area contributed by atoms with Gasteiger partial charge in [0.25, 0.3) is 0 Å². The second-order valence-corrected chi connectivity index (χ2v) is 7.64. The van der Waals surface area contributed by atoms with Crippen molar-refractivity contribution in [3.05, 3.63) is 78.1 Å². The van der Waals surface area contributed by atoms with Crippen molar-refractivity contribution in [2.75, 3.05) is 12.9 Å². The SMILES string of the molecule is COC(=O)CSc1nnc(COc2cccc3ccccc23)n1-c1ccc(C)cc1. The summed E-state index contributed by atoms with van der Waals surface area (Å²) in [6, 6.07) is 22.1. The number of aromatic nitrogens is 3. The normalized spacial score (nSPS) is 10.9. The highest BCUT2D eigenvalue weighted by Gasteiger charge is 2.17. The van der Waals surface area contributed by atoms with Gasteiger partial charge in [0.1, 0.15) is 12.4 Å². The molecule has 0 spiro atoms. The molecule has 6 nitrogen and oxygen atoms in total. The number of ether oxygens (including phenoxy) is 2. The van der Waals surface area contributed by atoms with Gasteiger partial charge < -0.3 is 9.47 Å². The van der Waals surface area contributed by atoms with E-state index in [1.54, 1.807) is 0 Å². The van der Waals surface area contributed by atoms with E-state index in [0.717, 1.165) is 27.8 Å². The third-order valence-corrected chi connectivity index (χ3v) is 5.55.